The van der Waals surface area contributed by atoms with E-state index in [1.807, 2.05) is 0 Å². The lowest BCUT2D eigenvalue weighted by molar-refractivity contribution is -0.137. The van der Waals surface area contributed by atoms with Crippen molar-refractivity contribution in [3.05, 3.63) is 70.3 Å². The summed E-state index contributed by atoms with van der Waals surface area (Å²) in [7, 11) is 0. The van der Waals surface area contributed by atoms with Gasteiger partial charge in [-0.1, -0.05) is 18.2 Å². The Hall–Kier alpha value is -3.16. The third-order valence-corrected chi connectivity index (χ3v) is 4.42. The van der Waals surface area contributed by atoms with E-state index in [-0.39, 0.29) is 11.2 Å². The van der Waals surface area contributed by atoms with Crippen molar-refractivity contribution in [1.82, 2.24) is 9.55 Å². The number of alkyl halides is 3. The lowest BCUT2D eigenvalue weighted by Gasteiger charge is -2.19. The number of nitrogens with one attached hydrogen (secondary N) is 1. The summed E-state index contributed by atoms with van der Waals surface area (Å²) in [6.45, 7) is 0.536. The number of halogens is 3. The van der Waals surface area contributed by atoms with Crippen LogP contribution >= 0.6 is 0 Å². The fourth-order valence-electron chi connectivity index (χ4n) is 3.12. The highest BCUT2D eigenvalue weighted by Gasteiger charge is 2.30. The monoisotopic (exact) mass is 372 g/mol. The molecule has 0 unspecified atom stereocenters. The minimum Gasteiger partial charge on any atom is -0.291 e. The number of hydrazone groups is 1. The minimum absolute atomic E-state index is 0.137. The first-order chi connectivity index (χ1) is 12.9. The van der Waals surface area contributed by atoms with E-state index in [2.05, 4.69) is 15.5 Å². The quantitative estimate of drug-likeness (QED) is 0.691. The smallest absolute Gasteiger partial charge is 0.291 e. The molecule has 0 spiro atoms. The Morgan fingerprint density at radius 1 is 1.11 bits per heavy atom. The van der Waals surface area contributed by atoms with Crippen LogP contribution in [0.2, 0.25) is 0 Å². The first kappa shape index (κ1) is 17.3. The standard InChI is InChI=1S/C19H15F3N4O/c20-19(21,22)12-5-3-6-13(11-12)24-25-16-9-4-10-26-17(16)23-15-8-2-1-7-14(15)18(26)27/h1-3,5-8,11,24H,4,9-10H2/b25-16+. The van der Waals surface area contributed by atoms with Gasteiger partial charge in [-0.3, -0.25) is 14.8 Å². The molecule has 0 atom stereocenters. The highest BCUT2D eigenvalue weighted by atomic mass is 19.4. The van der Waals surface area contributed by atoms with E-state index >= 15 is 0 Å². The molecular weight excluding hydrogens is 357 g/mol. The molecule has 8 heteroatoms. The summed E-state index contributed by atoms with van der Waals surface area (Å²) in [5.41, 5.74) is 3.11. The number of aromatic nitrogens is 2. The number of para-hydroxylation sites is 1. The topological polar surface area (TPSA) is 59.3 Å². The fourth-order valence-corrected chi connectivity index (χ4v) is 3.12. The van der Waals surface area contributed by atoms with Gasteiger partial charge in [-0.15, -0.1) is 0 Å². The second-order valence-corrected chi connectivity index (χ2v) is 6.26. The molecular formula is C19H15F3N4O. The molecule has 1 aliphatic rings. The first-order valence-corrected chi connectivity index (χ1v) is 8.43. The first-order valence-electron chi connectivity index (χ1n) is 8.43. The third kappa shape index (κ3) is 3.30. The summed E-state index contributed by atoms with van der Waals surface area (Å²) in [5, 5.41) is 4.78. The maximum atomic E-state index is 12.8. The predicted molar refractivity (Wildman–Crippen MR) is 96.8 cm³/mol. The van der Waals surface area contributed by atoms with Gasteiger partial charge in [0.15, 0.2) is 5.82 Å². The van der Waals surface area contributed by atoms with Gasteiger partial charge in [0.1, 0.15) is 5.71 Å². The second-order valence-electron chi connectivity index (χ2n) is 6.26. The maximum absolute atomic E-state index is 12.8. The number of hydrogen-bond acceptors (Lipinski definition) is 4. The summed E-state index contributed by atoms with van der Waals surface area (Å²) < 4.78 is 40.1. The van der Waals surface area contributed by atoms with Crippen molar-refractivity contribution in [1.29, 1.82) is 0 Å². The second kappa shape index (κ2) is 6.53. The van der Waals surface area contributed by atoms with Crippen molar-refractivity contribution in [2.75, 3.05) is 5.43 Å². The van der Waals surface area contributed by atoms with Crippen LogP contribution < -0.4 is 11.0 Å². The van der Waals surface area contributed by atoms with E-state index in [9.17, 15) is 18.0 Å². The van der Waals surface area contributed by atoms with E-state index < -0.39 is 11.7 Å². The molecule has 4 rings (SSSR count). The van der Waals surface area contributed by atoms with Gasteiger partial charge in [0.2, 0.25) is 0 Å². The Labute approximate surface area is 152 Å². The van der Waals surface area contributed by atoms with Gasteiger partial charge >= 0.3 is 6.18 Å². The lowest BCUT2D eigenvalue weighted by atomic mass is 10.1. The van der Waals surface area contributed by atoms with E-state index in [0.29, 0.717) is 41.8 Å². The molecule has 2 heterocycles. The summed E-state index contributed by atoms with van der Waals surface area (Å²) in [6.07, 6.45) is -3.14. The normalized spacial score (nSPS) is 15.7. The van der Waals surface area contributed by atoms with Gasteiger partial charge in [0, 0.05) is 6.54 Å². The van der Waals surface area contributed by atoms with Gasteiger partial charge < -0.3 is 0 Å². The summed E-state index contributed by atoms with van der Waals surface area (Å²) >= 11 is 0. The number of nitrogens with zero attached hydrogens (tertiary/aromatic N) is 3. The zero-order valence-corrected chi connectivity index (χ0v) is 14.1. The molecule has 3 aromatic rings. The zero-order chi connectivity index (χ0) is 19.0. The van der Waals surface area contributed by atoms with Gasteiger partial charge in [0.25, 0.3) is 5.56 Å². The highest BCUT2D eigenvalue weighted by Crippen LogP contribution is 2.30. The van der Waals surface area contributed by atoms with Crippen molar-refractivity contribution in [2.45, 2.75) is 25.6 Å². The fraction of sp³-hybridized carbons (Fsp3) is 0.211. The molecule has 0 fully saturated rings. The SMILES string of the molecule is O=c1c2ccccc2nc2n1CCC/C2=N\Nc1cccc(C(F)(F)F)c1. The van der Waals surface area contributed by atoms with E-state index in [4.69, 9.17) is 0 Å². The van der Waals surface area contributed by atoms with Crippen molar-refractivity contribution in [3.63, 3.8) is 0 Å². The number of fused-ring (bicyclic) bond motifs is 2. The average Bonchev–Trinajstić information content (AvgIpc) is 2.66. The van der Waals surface area contributed by atoms with Crippen LogP contribution in [0.4, 0.5) is 18.9 Å². The van der Waals surface area contributed by atoms with Crippen LogP contribution in [0.3, 0.4) is 0 Å². The van der Waals surface area contributed by atoms with Crippen molar-refractivity contribution >= 4 is 22.3 Å². The third-order valence-electron chi connectivity index (χ3n) is 4.42. The molecule has 2 aromatic carbocycles. The summed E-state index contributed by atoms with van der Waals surface area (Å²) in [5.74, 6) is 0.449. The van der Waals surface area contributed by atoms with Crippen LogP contribution in [0.25, 0.3) is 10.9 Å². The van der Waals surface area contributed by atoms with Gasteiger partial charge in [-0.2, -0.15) is 18.3 Å². The molecule has 138 valence electrons. The van der Waals surface area contributed by atoms with Crippen LogP contribution in [0.5, 0.6) is 0 Å². The van der Waals surface area contributed by atoms with Crippen LogP contribution in [-0.4, -0.2) is 15.3 Å². The van der Waals surface area contributed by atoms with Gasteiger partial charge in [0.05, 0.1) is 22.2 Å². The molecule has 1 aromatic heterocycles. The molecule has 0 bridgehead atoms. The Bertz CT molecular complexity index is 1100. The van der Waals surface area contributed by atoms with Crippen LogP contribution in [0.15, 0.2) is 58.4 Å². The van der Waals surface area contributed by atoms with E-state index in [1.165, 1.54) is 12.1 Å². The molecule has 0 radical (unpaired) electrons. The van der Waals surface area contributed by atoms with E-state index in [0.717, 1.165) is 12.1 Å². The van der Waals surface area contributed by atoms with Crippen molar-refractivity contribution < 1.29 is 13.2 Å². The lowest BCUT2D eigenvalue weighted by Crippen LogP contribution is -2.32. The van der Waals surface area contributed by atoms with E-state index in [1.54, 1.807) is 28.8 Å². The minimum atomic E-state index is -4.42. The number of anilines is 1. The maximum Gasteiger partial charge on any atom is 0.416 e. The van der Waals surface area contributed by atoms with Crippen molar-refractivity contribution in [3.8, 4) is 0 Å². The Balaban J connectivity index is 1.72. The average molecular weight is 372 g/mol. The van der Waals surface area contributed by atoms with Gasteiger partial charge in [-0.05, 0) is 43.2 Å². The molecule has 0 saturated carbocycles. The number of rotatable bonds is 2. The predicted octanol–water partition coefficient (Wildman–Crippen LogP) is 4.03. The molecule has 0 saturated heterocycles. The van der Waals surface area contributed by atoms with Crippen LogP contribution in [-0.2, 0) is 12.7 Å². The van der Waals surface area contributed by atoms with Crippen LogP contribution in [0, 0.1) is 0 Å². The zero-order valence-electron chi connectivity index (χ0n) is 14.1. The van der Waals surface area contributed by atoms with Crippen LogP contribution in [0.1, 0.15) is 24.2 Å². The number of benzene rings is 2. The Morgan fingerprint density at radius 2 is 1.93 bits per heavy atom. The molecule has 1 aliphatic heterocycles. The Morgan fingerprint density at radius 3 is 2.74 bits per heavy atom. The Kier molecular flexibility index (Phi) is 4.18. The van der Waals surface area contributed by atoms with Gasteiger partial charge in [-0.25, -0.2) is 4.98 Å². The largest absolute Gasteiger partial charge is 0.416 e. The number of hydrogen-bond donors (Lipinski definition) is 1. The van der Waals surface area contributed by atoms with Crippen molar-refractivity contribution in [2.24, 2.45) is 5.10 Å². The molecule has 1 N–H and O–H groups in total. The highest BCUT2D eigenvalue weighted by molar-refractivity contribution is 5.99. The summed E-state index contributed by atoms with van der Waals surface area (Å²) in [6, 6.07) is 11.9. The molecule has 0 aliphatic carbocycles. The molecule has 0 amide bonds. The summed E-state index contributed by atoms with van der Waals surface area (Å²) in [4.78, 5) is 17.2. The molecule has 27 heavy (non-hydrogen) atoms. The molecule has 5 nitrogen and oxygen atoms in total.